The Morgan fingerprint density at radius 3 is 2.53 bits per heavy atom. The first-order valence-corrected chi connectivity index (χ1v) is 11.4. The first-order valence-electron chi connectivity index (χ1n) is 9.87. The van der Waals surface area contributed by atoms with E-state index in [1.165, 1.54) is 0 Å². The number of benzene rings is 3. The molecule has 0 saturated carbocycles. The zero-order valence-corrected chi connectivity index (χ0v) is 17.1. The zero-order valence-electron chi connectivity index (χ0n) is 16.2. The van der Waals surface area contributed by atoms with Crippen molar-refractivity contribution >= 4 is 10.0 Å². The average Bonchev–Trinajstić information content (AvgIpc) is 3.36. The van der Waals surface area contributed by atoms with Crippen LogP contribution in [-0.4, -0.2) is 21.3 Å². The molecule has 7 heteroatoms. The summed E-state index contributed by atoms with van der Waals surface area (Å²) in [6.07, 6.45) is 0.640. The minimum atomic E-state index is -3.61. The van der Waals surface area contributed by atoms with E-state index in [0.29, 0.717) is 13.0 Å². The maximum absolute atomic E-state index is 12.9. The van der Waals surface area contributed by atoms with Gasteiger partial charge in [-0.1, -0.05) is 48.5 Å². The molecule has 0 spiro atoms. The highest BCUT2D eigenvalue weighted by atomic mass is 32.2. The fraction of sp³-hybridized carbons (Fsp3) is 0.217. The van der Waals surface area contributed by atoms with Gasteiger partial charge in [0, 0.05) is 18.6 Å². The second-order valence-electron chi connectivity index (χ2n) is 7.49. The molecule has 3 aromatic carbocycles. The summed E-state index contributed by atoms with van der Waals surface area (Å²) in [6, 6.07) is 22.0. The van der Waals surface area contributed by atoms with Crippen molar-refractivity contribution in [2.24, 2.45) is 0 Å². The quantitative estimate of drug-likeness (QED) is 0.638. The highest BCUT2D eigenvalue weighted by Gasteiger charge is 2.35. The number of nitrogens with one attached hydrogen (secondary N) is 2. The van der Waals surface area contributed by atoms with Gasteiger partial charge in [0.15, 0.2) is 11.5 Å². The topological polar surface area (TPSA) is 76.7 Å². The van der Waals surface area contributed by atoms with Crippen molar-refractivity contribution in [2.75, 3.05) is 6.79 Å². The van der Waals surface area contributed by atoms with Crippen LogP contribution in [0.3, 0.4) is 0 Å². The highest BCUT2D eigenvalue weighted by molar-refractivity contribution is 7.89. The Balaban J connectivity index is 1.37. The third kappa shape index (κ3) is 3.67. The van der Waals surface area contributed by atoms with E-state index < -0.39 is 10.0 Å². The lowest BCUT2D eigenvalue weighted by atomic mass is 10.1. The van der Waals surface area contributed by atoms with Gasteiger partial charge in [0.1, 0.15) is 0 Å². The molecule has 0 bridgehead atoms. The van der Waals surface area contributed by atoms with Gasteiger partial charge in [-0.3, -0.25) is 0 Å². The van der Waals surface area contributed by atoms with Crippen molar-refractivity contribution in [3.63, 3.8) is 0 Å². The van der Waals surface area contributed by atoms with Gasteiger partial charge in [-0.25, -0.2) is 13.1 Å². The van der Waals surface area contributed by atoms with Crippen LogP contribution in [0.1, 0.15) is 22.7 Å². The zero-order chi connectivity index (χ0) is 20.6. The third-order valence-electron chi connectivity index (χ3n) is 5.56. The van der Waals surface area contributed by atoms with E-state index >= 15 is 0 Å². The van der Waals surface area contributed by atoms with Crippen molar-refractivity contribution in [3.05, 3.63) is 89.5 Å². The summed E-state index contributed by atoms with van der Waals surface area (Å²) in [7, 11) is -3.61. The molecule has 2 atom stereocenters. The second-order valence-corrected chi connectivity index (χ2v) is 9.20. The summed E-state index contributed by atoms with van der Waals surface area (Å²) < 4.78 is 39.6. The van der Waals surface area contributed by atoms with Crippen LogP contribution in [0.15, 0.2) is 77.7 Å². The van der Waals surface area contributed by atoms with Crippen LogP contribution in [0.2, 0.25) is 0 Å². The molecule has 1 aliphatic carbocycles. The van der Waals surface area contributed by atoms with Gasteiger partial charge in [0.25, 0.3) is 0 Å². The molecule has 154 valence electrons. The SMILES string of the molecule is O=S(=O)(N[C@H]1Cc2ccccc2[C@@H]1NCc1ccc2c(c1)OCO2)c1ccccc1. The standard InChI is InChI=1S/C23H22N2O4S/c26-30(27,18-7-2-1-3-8-18)25-20-13-17-6-4-5-9-19(17)23(20)24-14-16-10-11-21-22(12-16)29-15-28-21/h1-12,20,23-25H,13-15H2/t20-,23-/m0/s1. The molecule has 0 radical (unpaired) electrons. The Bertz CT molecular complexity index is 1160. The molecule has 5 rings (SSSR count). The molecule has 2 N–H and O–H groups in total. The van der Waals surface area contributed by atoms with Gasteiger partial charge in [-0.2, -0.15) is 0 Å². The van der Waals surface area contributed by atoms with E-state index in [2.05, 4.69) is 22.2 Å². The predicted molar refractivity (Wildman–Crippen MR) is 113 cm³/mol. The van der Waals surface area contributed by atoms with Crippen LogP contribution < -0.4 is 19.5 Å². The monoisotopic (exact) mass is 422 g/mol. The van der Waals surface area contributed by atoms with Gasteiger partial charge < -0.3 is 14.8 Å². The Hall–Kier alpha value is -2.87. The van der Waals surface area contributed by atoms with Crippen LogP contribution in [0, 0.1) is 0 Å². The molecule has 0 fully saturated rings. The first kappa shape index (κ1) is 19.1. The van der Waals surface area contributed by atoms with E-state index in [1.807, 2.05) is 30.3 Å². The van der Waals surface area contributed by atoms with Crippen molar-refractivity contribution in [3.8, 4) is 11.5 Å². The summed E-state index contributed by atoms with van der Waals surface area (Å²) in [5.74, 6) is 1.49. The normalized spacial score (nSPS) is 19.6. The minimum absolute atomic E-state index is 0.134. The number of rotatable bonds is 6. The molecule has 1 heterocycles. The molecule has 1 aliphatic heterocycles. The predicted octanol–water partition coefficient (Wildman–Crippen LogP) is 3.15. The fourth-order valence-electron chi connectivity index (χ4n) is 4.10. The average molecular weight is 423 g/mol. The Morgan fingerprint density at radius 2 is 1.67 bits per heavy atom. The Labute approximate surface area is 175 Å². The van der Waals surface area contributed by atoms with Gasteiger partial charge in [0.2, 0.25) is 16.8 Å². The lowest BCUT2D eigenvalue weighted by Crippen LogP contribution is -2.42. The third-order valence-corrected chi connectivity index (χ3v) is 7.06. The van der Waals surface area contributed by atoms with Crippen LogP contribution in [0.4, 0.5) is 0 Å². The van der Waals surface area contributed by atoms with Crippen molar-refractivity contribution in [1.82, 2.24) is 10.0 Å². The van der Waals surface area contributed by atoms with Gasteiger partial charge in [-0.15, -0.1) is 0 Å². The summed E-state index contributed by atoms with van der Waals surface area (Å²) in [5.41, 5.74) is 3.33. The maximum Gasteiger partial charge on any atom is 0.240 e. The molecule has 3 aromatic rings. The smallest absolute Gasteiger partial charge is 0.240 e. The Kier molecular flexibility index (Phi) is 4.94. The van der Waals surface area contributed by atoms with Crippen LogP contribution in [0.5, 0.6) is 11.5 Å². The molecular formula is C23H22N2O4S. The molecule has 0 saturated heterocycles. The van der Waals surface area contributed by atoms with Gasteiger partial charge in [-0.05, 0) is 47.4 Å². The molecule has 30 heavy (non-hydrogen) atoms. The number of hydrogen-bond acceptors (Lipinski definition) is 5. The van der Waals surface area contributed by atoms with E-state index in [4.69, 9.17) is 9.47 Å². The molecule has 0 unspecified atom stereocenters. The van der Waals surface area contributed by atoms with E-state index in [9.17, 15) is 8.42 Å². The van der Waals surface area contributed by atoms with E-state index in [-0.39, 0.29) is 23.8 Å². The van der Waals surface area contributed by atoms with Crippen LogP contribution in [-0.2, 0) is 23.0 Å². The largest absolute Gasteiger partial charge is 0.454 e. The summed E-state index contributed by atoms with van der Waals surface area (Å²) in [6.45, 7) is 0.824. The van der Waals surface area contributed by atoms with Crippen molar-refractivity contribution in [1.29, 1.82) is 0 Å². The summed E-state index contributed by atoms with van der Waals surface area (Å²) in [5, 5.41) is 3.55. The fourth-order valence-corrected chi connectivity index (χ4v) is 5.37. The molecule has 6 nitrogen and oxygen atoms in total. The number of fused-ring (bicyclic) bond motifs is 2. The molecular weight excluding hydrogens is 400 g/mol. The van der Waals surface area contributed by atoms with Gasteiger partial charge in [0.05, 0.1) is 4.90 Å². The lowest BCUT2D eigenvalue weighted by molar-refractivity contribution is 0.174. The first-order chi connectivity index (χ1) is 14.6. The second kappa shape index (κ2) is 7.75. The molecule has 2 aliphatic rings. The van der Waals surface area contributed by atoms with E-state index in [1.54, 1.807) is 30.3 Å². The number of ether oxygens (including phenoxy) is 2. The molecule has 0 aromatic heterocycles. The van der Waals surface area contributed by atoms with Gasteiger partial charge >= 0.3 is 0 Å². The van der Waals surface area contributed by atoms with Crippen molar-refractivity contribution < 1.29 is 17.9 Å². The van der Waals surface area contributed by atoms with Crippen LogP contribution in [0.25, 0.3) is 0 Å². The highest BCUT2D eigenvalue weighted by Crippen LogP contribution is 2.34. The van der Waals surface area contributed by atoms with Crippen molar-refractivity contribution in [2.45, 2.75) is 29.9 Å². The number of hydrogen-bond donors (Lipinski definition) is 2. The van der Waals surface area contributed by atoms with Crippen LogP contribution >= 0.6 is 0 Å². The molecule has 0 amide bonds. The lowest BCUT2D eigenvalue weighted by Gasteiger charge is -2.23. The van der Waals surface area contributed by atoms with E-state index in [0.717, 1.165) is 28.2 Å². The number of sulfonamides is 1. The summed E-state index contributed by atoms with van der Waals surface area (Å²) in [4.78, 5) is 0.274. The summed E-state index contributed by atoms with van der Waals surface area (Å²) >= 11 is 0. The Morgan fingerprint density at radius 1 is 0.900 bits per heavy atom. The maximum atomic E-state index is 12.9. The minimum Gasteiger partial charge on any atom is -0.454 e.